The van der Waals surface area contributed by atoms with Crippen LogP contribution < -0.4 is 5.32 Å². The number of amides is 1. The molecular formula is C26H25Cl2N3O3. The average Bonchev–Trinajstić information content (AvgIpc) is 3.35. The third-order valence-electron chi connectivity index (χ3n) is 6.21. The Kier molecular flexibility index (Phi) is 7.19. The number of rotatable bonds is 7. The molecule has 1 heterocycles. The van der Waals surface area contributed by atoms with Gasteiger partial charge < -0.3 is 5.32 Å². The van der Waals surface area contributed by atoms with Gasteiger partial charge in [0.15, 0.2) is 5.78 Å². The molecule has 0 saturated heterocycles. The fraction of sp³-hybridized carbons (Fsp3) is 0.308. The Balaban J connectivity index is 1.50. The number of hydrogen-bond donors (Lipinski definition) is 1. The molecule has 2 atom stereocenters. The molecule has 0 radical (unpaired) electrons. The lowest BCUT2D eigenvalue weighted by Crippen LogP contribution is -2.27. The van der Waals surface area contributed by atoms with Gasteiger partial charge in [-0.2, -0.15) is 5.10 Å². The maximum atomic E-state index is 13.3. The van der Waals surface area contributed by atoms with Crippen LogP contribution in [0.5, 0.6) is 0 Å². The Labute approximate surface area is 208 Å². The molecule has 2 unspecified atom stereocenters. The predicted molar refractivity (Wildman–Crippen MR) is 131 cm³/mol. The zero-order valence-electron chi connectivity index (χ0n) is 19.0. The van der Waals surface area contributed by atoms with E-state index in [0.29, 0.717) is 23.0 Å². The van der Waals surface area contributed by atoms with Crippen LogP contribution in [0.4, 0.5) is 0 Å². The molecule has 1 aromatic heterocycles. The van der Waals surface area contributed by atoms with Crippen LogP contribution in [0.2, 0.25) is 10.0 Å². The molecule has 1 amide bonds. The third kappa shape index (κ3) is 5.08. The first-order valence-corrected chi connectivity index (χ1v) is 11.9. The van der Waals surface area contributed by atoms with Crippen LogP contribution >= 0.6 is 23.2 Å². The topological polar surface area (TPSA) is 81.1 Å². The Hall–Kier alpha value is -2.96. The van der Waals surface area contributed by atoms with Gasteiger partial charge >= 0.3 is 0 Å². The molecule has 1 N–H and O–H groups in total. The van der Waals surface area contributed by atoms with Gasteiger partial charge in [0.25, 0.3) is 0 Å². The lowest BCUT2D eigenvalue weighted by Gasteiger charge is -2.18. The third-order valence-corrected chi connectivity index (χ3v) is 6.64. The first-order valence-electron chi connectivity index (χ1n) is 11.2. The van der Waals surface area contributed by atoms with Gasteiger partial charge in [-0.05, 0) is 59.9 Å². The van der Waals surface area contributed by atoms with Crippen LogP contribution in [-0.4, -0.2) is 27.3 Å². The second-order valence-electron chi connectivity index (χ2n) is 8.61. The molecule has 34 heavy (non-hydrogen) atoms. The first kappa shape index (κ1) is 24.2. The summed E-state index contributed by atoms with van der Waals surface area (Å²) in [5, 5.41) is 8.19. The molecule has 3 aromatic rings. The Morgan fingerprint density at radius 2 is 1.97 bits per heavy atom. The monoisotopic (exact) mass is 497 g/mol. The van der Waals surface area contributed by atoms with Gasteiger partial charge in [0.2, 0.25) is 5.91 Å². The summed E-state index contributed by atoms with van der Waals surface area (Å²) in [6.45, 7) is 4.20. The maximum Gasteiger partial charge on any atom is 0.221 e. The van der Waals surface area contributed by atoms with Gasteiger partial charge in [0, 0.05) is 36.5 Å². The minimum absolute atomic E-state index is 0.00792. The number of hydrogen-bond acceptors (Lipinski definition) is 4. The normalized spacial score (nSPS) is 17.9. The van der Waals surface area contributed by atoms with Gasteiger partial charge in [-0.25, -0.2) is 4.68 Å². The number of carbonyl (C=O) groups excluding carboxylic acids is 3. The quantitative estimate of drug-likeness (QED) is 0.465. The van der Waals surface area contributed by atoms with Crippen LogP contribution in [0.1, 0.15) is 47.9 Å². The Bertz CT molecular complexity index is 1270. The Morgan fingerprint density at radius 3 is 2.65 bits per heavy atom. The van der Waals surface area contributed by atoms with Crippen LogP contribution in [0.3, 0.4) is 0 Å². The van der Waals surface area contributed by atoms with Crippen molar-refractivity contribution in [2.75, 3.05) is 0 Å². The molecule has 176 valence electrons. The summed E-state index contributed by atoms with van der Waals surface area (Å²) in [6, 6.07) is 11.1. The van der Waals surface area contributed by atoms with Crippen molar-refractivity contribution in [3.8, 4) is 5.69 Å². The molecule has 2 aromatic carbocycles. The second kappa shape index (κ2) is 10.1. The van der Waals surface area contributed by atoms with E-state index in [1.807, 2.05) is 38.1 Å². The maximum absolute atomic E-state index is 13.3. The number of nitrogens with one attached hydrogen (secondary N) is 1. The largest absolute Gasteiger partial charge is 0.352 e. The lowest BCUT2D eigenvalue weighted by molar-refractivity contribution is -0.128. The summed E-state index contributed by atoms with van der Waals surface area (Å²) in [7, 11) is 0. The number of aromatic nitrogens is 2. The molecule has 6 nitrogen and oxygen atoms in total. The molecule has 1 fully saturated rings. The number of benzene rings is 2. The molecular weight excluding hydrogens is 473 g/mol. The number of carbonyl (C=O) groups is 3. The zero-order chi connectivity index (χ0) is 24.4. The van der Waals surface area contributed by atoms with Gasteiger partial charge in [-0.15, -0.1) is 0 Å². The number of aryl methyl sites for hydroxylation is 2. The summed E-state index contributed by atoms with van der Waals surface area (Å²) in [6.07, 6.45) is 3.99. The van der Waals surface area contributed by atoms with E-state index in [9.17, 15) is 14.4 Å². The van der Waals surface area contributed by atoms with Crippen molar-refractivity contribution in [3.63, 3.8) is 0 Å². The van der Waals surface area contributed by atoms with E-state index in [1.54, 1.807) is 29.2 Å². The molecule has 4 rings (SSSR count). The molecule has 8 heteroatoms. The van der Waals surface area contributed by atoms with E-state index in [4.69, 9.17) is 23.2 Å². The number of ketones is 2. The molecule has 0 spiro atoms. The molecule has 0 aliphatic heterocycles. The average molecular weight is 498 g/mol. The van der Waals surface area contributed by atoms with E-state index in [-0.39, 0.29) is 30.3 Å². The van der Waals surface area contributed by atoms with Crippen LogP contribution in [0.15, 0.2) is 48.8 Å². The number of halogens is 2. The highest BCUT2D eigenvalue weighted by molar-refractivity contribution is 6.30. The van der Waals surface area contributed by atoms with Crippen molar-refractivity contribution < 1.29 is 14.4 Å². The predicted octanol–water partition coefficient (Wildman–Crippen LogP) is 5.00. The van der Waals surface area contributed by atoms with Crippen molar-refractivity contribution in [1.29, 1.82) is 0 Å². The minimum atomic E-state index is -0.837. The molecule has 0 bridgehead atoms. The van der Waals surface area contributed by atoms with E-state index in [0.717, 1.165) is 27.9 Å². The molecule has 1 aliphatic carbocycles. The van der Waals surface area contributed by atoms with E-state index in [1.165, 1.54) is 0 Å². The zero-order valence-corrected chi connectivity index (χ0v) is 20.5. The van der Waals surface area contributed by atoms with Crippen molar-refractivity contribution >= 4 is 40.7 Å². The van der Waals surface area contributed by atoms with Gasteiger partial charge in [0.05, 0.1) is 16.9 Å². The fourth-order valence-electron chi connectivity index (χ4n) is 4.61. The highest BCUT2D eigenvalue weighted by Crippen LogP contribution is 2.38. The highest BCUT2D eigenvalue weighted by atomic mass is 35.5. The van der Waals surface area contributed by atoms with Crippen LogP contribution in [0.25, 0.3) is 5.69 Å². The second-order valence-corrected chi connectivity index (χ2v) is 9.48. The van der Waals surface area contributed by atoms with E-state index >= 15 is 0 Å². The first-order chi connectivity index (χ1) is 16.3. The van der Waals surface area contributed by atoms with Crippen LogP contribution in [-0.2, 0) is 27.3 Å². The van der Waals surface area contributed by atoms with Crippen molar-refractivity contribution in [2.24, 2.45) is 5.92 Å². The smallest absolute Gasteiger partial charge is 0.221 e. The molecule has 1 aliphatic rings. The van der Waals surface area contributed by atoms with E-state index < -0.39 is 11.8 Å². The van der Waals surface area contributed by atoms with Crippen molar-refractivity contribution in [3.05, 3.63) is 81.1 Å². The standard InChI is InChI=1S/C26H25Cl2N3O3/c1-3-17-9-21(31-14-20(28)13-30-31)7-15(2)24(17)25-22(32)10-18(26(25)34)11-23(33)29-12-16-5-4-6-19(27)8-16/h4-9,13-14,18,25H,3,10-12H2,1-2H3,(H,29,33). The summed E-state index contributed by atoms with van der Waals surface area (Å²) >= 11 is 12.0. The summed E-state index contributed by atoms with van der Waals surface area (Å²) < 4.78 is 1.67. The van der Waals surface area contributed by atoms with Crippen LogP contribution in [0, 0.1) is 12.8 Å². The lowest BCUT2D eigenvalue weighted by atomic mass is 9.85. The molecule has 1 saturated carbocycles. The fourth-order valence-corrected chi connectivity index (χ4v) is 4.95. The summed E-state index contributed by atoms with van der Waals surface area (Å²) in [4.78, 5) is 38.8. The SMILES string of the molecule is CCc1cc(-n2cc(Cl)cn2)cc(C)c1C1C(=O)CC(CC(=O)NCc2cccc(Cl)c2)C1=O. The van der Waals surface area contributed by atoms with Gasteiger partial charge in [0.1, 0.15) is 11.7 Å². The number of nitrogens with zero attached hydrogens (tertiary/aromatic N) is 2. The minimum Gasteiger partial charge on any atom is -0.352 e. The summed E-state index contributed by atoms with van der Waals surface area (Å²) in [5.41, 5.74) is 4.20. The highest BCUT2D eigenvalue weighted by Gasteiger charge is 2.44. The van der Waals surface area contributed by atoms with E-state index in [2.05, 4.69) is 10.4 Å². The van der Waals surface area contributed by atoms with Crippen molar-refractivity contribution in [1.82, 2.24) is 15.1 Å². The van der Waals surface area contributed by atoms with Gasteiger partial charge in [-0.1, -0.05) is 42.3 Å². The Morgan fingerprint density at radius 1 is 1.18 bits per heavy atom. The number of Topliss-reactive ketones (excluding diaryl/α,β-unsaturated/α-hetero) is 2. The van der Waals surface area contributed by atoms with Gasteiger partial charge in [-0.3, -0.25) is 14.4 Å². The van der Waals surface area contributed by atoms with Crippen molar-refractivity contribution in [2.45, 2.75) is 45.6 Å². The summed E-state index contributed by atoms with van der Waals surface area (Å²) in [5.74, 6) is -2.03.